The van der Waals surface area contributed by atoms with Crippen molar-refractivity contribution in [3.8, 4) is 6.07 Å². The Kier molecular flexibility index (Phi) is 5.21. The van der Waals surface area contributed by atoms with E-state index in [1.165, 1.54) is 13.0 Å². The molecule has 0 spiro atoms. The van der Waals surface area contributed by atoms with E-state index < -0.39 is 41.3 Å². The Labute approximate surface area is 151 Å². The maximum atomic E-state index is 14.5. The van der Waals surface area contributed by atoms with Gasteiger partial charge in [-0.25, -0.2) is 13.9 Å². The number of nitriles is 1. The summed E-state index contributed by atoms with van der Waals surface area (Å²) < 4.78 is 60.6. The molecule has 1 saturated heterocycles. The fourth-order valence-corrected chi connectivity index (χ4v) is 3.16. The summed E-state index contributed by atoms with van der Waals surface area (Å²) in [6.07, 6.45) is -4.43. The molecule has 3 atom stereocenters. The van der Waals surface area contributed by atoms with Crippen molar-refractivity contribution in [1.29, 1.82) is 5.26 Å². The Bertz CT molecular complexity index is 876. The van der Waals surface area contributed by atoms with Gasteiger partial charge in [-0.1, -0.05) is 6.92 Å². The number of hydrogen-bond acceptors (Lipinski definition) is 6. The maximum absolute atomic E-state index is 14.5. The molecule has 0 aromatic carbocycles. The third-order valence-corrected chi connectivity index (χ3v) is 4.55. The van der Waals surface area contributed by atoms with Crippen LogP contribution in [0.15, 0.2) is 6.20 Å². The zero-order valence-electron chi connectivity index (χ0n) is 14.3. The van der Waals surface area contributed by atoms with Gasteiger partial charge in [-0.15, -0.1) is 5.10 Å². The molecule has 1 aliphatic rings. The summed E-state index contributed by atoms with van der Waals surface area (Å²) in [5.74, 6) is -3.22. The van der Waals surface area contributed by atoms with E-state index >= 15 is 0 Å². The van der Waals surface area contributed by atoms with Crippen molar-refractivity contribution in [3.63, 3.8) is 0 Å². The maximum Gasteiger partial charge on any atom is 0.397 e. The number of fused-ring (bicyclic) bond motifs is 1. The van der Waals surface area contributed by atoms with E-state index in [-0.39, 0.29) is 24.5 Å². The molecular formula is C16H17F4N5O2. The number of nitrogens with one attached hydrogen (secondary N) is 1. The molecule has 7 nitrogen and oxygen atoms in total. The van der Waals surface area contributed by atoms with Crippen molar-refractivity contribution in [1.82, 2.24) is 14.6 Å². The number of halogens is 4. The lowest BCUT2D eigenvalue weighted by Gasteiger charge is -2.28. The fourth-order valence-electron chi connectivity index (χ4n) is 3.16. The van der Waals surface area contributed by atoms with Gasteiger partial charge in [0.05, 0.1) is 36.6 Å². The molecule has 0 unspecified atom stereocenters. The second-order valence-electron chi connectivity index (χ2n) is 6.25. The van der Waals surface area contributed by atoms with Crippen LogP contribution in [-0.2, 0) is 4.74 Å². The number of anilines is 1. The highest BCUT2D eigenvalue weighted by molar-refractivity contribution is 5.58. The predicted octanol–water partition coefficient (Wildman–Crippen LogP) is 2.36. The van der Waals surface area contributed by atoms with Gasteiger partial charge >= 0.3 is 6.18 Å². The third-order valence-electron chi connectivity index (χ3n) is 4.55. The summed E-state index contributed by atoms with van der Waals surface area (Å²) in [6.45, 7) is 1.80. The average molecular weight is 387 g/mol. The van der Waals surface area contributed by atoms with Gasteiger partial charge in [0, 0.05) is 6.61 Å². The first kappa shape index (κ1) is 19.3. The highest BCUT2D eigenvalue weighted by atomic mass is 19.4. The van der Waals surface area contributed by atoms with E-state index in [0.717, 1.165) is 10.7 Å². The molecule has 3 rings (SSSR count). The Morgan fingerprint density at radius 1 is 1.52 bits per heavy atom. The number of ether oxygens (including phenoxy) is 1. The normalized spacial score (nSPS) is 21.8. The molecule has 1 fully saturated rings. The number of aliphatic hydroxyl groups is 1. The molecule has 0 aliphatic carbocycles. The van der Waals surface area contributed by atoms with Crippen LogP contribution in [-0.4, -0.2) is 51.2 Å². The van der Waals surface area contributed by atoms with E-state index in [9.17, 15) is 27.9 Å². The summed E-state index contributed by atoms with van der Waals surface area (Å²) in [6, 6.07) is 1.05. The number of alkyl halides is 3. The van der Waals surface area contributed by atoms with Gasteiger partial charge in [0.2, 0.25) is 5.95 Å². The average Bonchev–Trinajstić information content (AvgIpc) is 2.88. The Morgan fingerprint density at radius 2 is 2.26 bits per heavy atom. The molecule has 146 valence electrons. The zero-order chi connectivity index (χ0) is 19.8. The number of hydrogen-bond donors (Lipinski definition) is 2. The molecule has 3 heterocycles. The number of aromatic nitrogens is 3. The lowest BCUT2D eigenvalue weighted by atomic mass is 9.99. The second-order valence-corrected chi connectivity index (χ2v) is 6.25. The first-order valence-corrected chi connectivity index (χ1v) is 8.34. The highest BCUT2D eigenvalue weighted by Crippen LogP contribution is 2.40. The van der Waals surface area contributed by atoms with Gasteiger partial charge in [-0.3, -0.25) is 0 Å². The van der Waals surface area contributed by atoms with E-state index in [4.69, 9.17) is 4.74 Å². The lowest BCUT2D eigenvalue weighted by Crippen LogP contribution is -2.42. The molecule has 1 aliphatic heterocycles. The number of rotatable bonds is 4. The second kappa shape index (κ2) is 7.28. The van der Waals surface area contributed by atoms with Crippen LogP contribution in [0.4, 0.5) is 23.5 Å². The molecule has 27 heavy (non-hydrogen) atoms. The molecule has 0 amide bonds. The molecule has 2 aromatic heterocycles. The first-order chi connectivity index (χ1) is 12.8. The largest absolute Gasteiger partial charge is 0.397 e. The van der Waals surface area contributed by atoms with Crippen LogP contribution < -0.4 is 5.32 Å². The summed E-state index contributed by atoms with van der Waals surface area (Å²) in [4.78, 5) is 3.91. The van der Waals surface area contributed by atoms with Crippen LogP contribution in [0.2, 0.25) is 0 Å². The Hall–Kier alpha value is -2.45. The number of aliphatic hydroxyl groups excluding tert-OH is 1. The summed E-state index contributed by atoms with van der Waals surface area (Å²) in [7, 11) is 0. The zero-order valence-corrected chi connectivity index (χ0v) is 14.3. The molecule has 11 heteroatoms. The summed E-state index contributed by atoms with van der Waals surface area (Å²) in [5, 5.41) is 25.9. The topological polar surface area (TPSA) is 95.5 Å². The van der Waals surface area contributed by atoms with Crippen LogP contribution in [0.1, 0.15) is 36.9 Å². The van der Waals surface area contributed by atoms with Crippen molar-refractivity contribution in [2.45, 2.75) is 44.0 Å². The minimum atomic E-state index is -4.67. The van der Waals surface area contributed by atoms with Gasteiger partial charge in [0.1, 0.15) is 17.1 Å². The molecule has 2 N–H and O–H groups in total. The van der Waals surface area contributed by atoms with Crippen molar-refractivity contribution in [3.05, 3.63) is 23.3 Å². The van der Waals surface area contributed by atoms with Crippen LogP contribution in [0.3, 0.4) is 0 Å². The van der Waals surface area contributed by atoms with Crippen molar-refractivity contribution in [2.75, 3.05) is 18.5 Å². The standard InChI is InChI=1S/C16H17F4N5O2/c1-2-9(16(18,19)20)14-8(5-21)13(17)11-6-22-15(24-25(11)14)23-10-3-4-27-7-12(10)26/h6,9-10,12,26H,2-4,7H2,1H3,(H,23,24)/t9-,10+,12+/m0/s1. The smallest absolute Gasteiger partial charge is 0.389 e. The van der Waals surface area contributed by atoms with Crippen LogP contribution in [0.25, 0.3) is 5.52 Å². The van der Waals surface area contributed by atoms with Gasteiger partial charge in [-0.2, -0.15) is 18.4 Å². The van der Waals surface area contributed by atoms with Crippen molar-refractivity contribution < 1.29 is 27.4 Å². The molecule has 2 aromatic rings. The van der Waals surface area contributed by atoms with E-state index in [0.29, 0.717) is 13.0 Å². The van der Waals surface area contributed by atoms with Crippen molar-refractivity contribution in [2.24, 2.45) is 0 Å². The Morgan fingerprint density at radius 3 is 2.85 bits per heavy atom. The molecular weight excluding hydrogens is 370 g/mol. The fraction of sp³-hybridized carbons (Fsp3) is 0.562. The first-order valence-electron chi connectivity index (χ1n) is 8.34. The monoisotopic (exact) mass is 387 g/mol. The molecule has 0 radical (unpaired) electrons. The lowest BCUT2D eigenvalue weighted by molar-refractivity contribution is -0.152. The minimum absolute atomic E-state index is 0.0776. The molecule has 0 bridgehead atoms. The Balaban J connectivity index is 2.09. The van der Waals surface area contributed by atoms with Crippen LogP contribution >= 0.6 is 0 Å². The molecule has 0 saturated carbocycles. The van der Waals surface area contributed by atoms with E-state index in [1.807, 2.05) is 0 Å². The van der Waals surface area contributed by atoms with Gasteiger partial charge in [0.15, 0.2) is 5.82 Å². The van der Waals surface area contributed by atoms with Crippen LogP contribution in [0.5, 0.6) is 0 Å². The van der Waals surface area contributed by atoms with E-state index in [1.54, 1.807) is 0 Å². The SMILES string of the molecule is CC[C@@H](c1c(C#N)c(F)c2cnc(N[C@@H]3CCOC[C@H]3O)nn12)C(F)(F)F. The van der Waals surface area contributed by atoms with Crippen molar-refractivity contribution >= 4 is 11.5 Å². The quantitative estimate of drug-likeness (QED) is 0.782. The predicted molar refractivity (Wildman–Crippen MR) is 85.6 cm³/mol. The summed E-state index contributed by atoms with van der Waals surface area (Å²) in [5.41, 5.74) is -1.57. The van der Waals surface area contributed by atoms with Crippen LogP contribution in [0, 0.1) is 17.1 Å². The van der Waals surface area contributed by atoms with Gasteiger partial charge < -0.3 is 15.2 Å². The third kappa shape index (κ3) is 3.54. The summed E-state index contributed by atoms with van der Waals surface area (Å²) >= 11 is 0. The van der Waals surface area contributed by atoms with Gasteiger partial charge in [-0.05, 0) is 12.8 Å². The minimum Gasteiger partial charge on any atom is -0.389 e. The number of nitrogens with zero attached hydrogens (tertiary/aromatic N) is 4. The van der Waals surface area contributed by atoms with E-state index in [2.05, 4.69) is 15.4 Å². The highest BCUT2D eigenvalue weighted by Gasteiger charge is 2.44. The van der Waals surface area contributed by atoms with Gasteiger partial charge in [0.25, 0.3) is 0 Å².